The van der Waals surface area contributed by atoms with Crippen molar-refractivity contribution >= 4 is 91.7 Å². The number of fused-ring (bicyclic) bond motifs is 21. The fourth-order valence-corrected chi connectivity index (χ4v) is 13.4. The van der Waals surface area contributed by atoms with E-state index in [1.54, 1.807) is 0 Å². The first kappa shape index (κ1) is 37.0. The normalized spacial score (nSPS) is 13.2. The van der Waals surface area contributed by atoms with Gasteiger partial charge in [-0.25, -0.2) is 0 Å². The van der Waals surface area contributed by atoms with Crippen LogP contribution < -0.4 is 4.90 Å². The van der Waals surface area contributed by atoms with Gasteiger partial charge < -0.3 is 4.90 Å². The van der Waals surface area contributed by atoms with Crippen molar-refractivity contribution in [3.63, 3.8) is 0 Å². The average molecular weight is 866 g/mol. The summed E-state index contributed by atoms with van der Waals surface area (Å²) in [5.41, 5.74) is 15.9. The average Bonchev–Trinajstić information content (AvgIpc) is 4.03. The SMILES string of the molecule is c1ccc2c(c1)-c1ccccc1C21c2ccccc2-c2ccc(N(c3ccc(-c4ccc5sc6c7ccccc7ccc6c5c4)cc3)c3ccc4c5ccccc5c5ccccc5c4c3)cc21. The molecule has 0 aliphatic heterocycles. The number of thiophene rings is 1. The van der Waals surface area contributed by atoms with Gasteiger partial charge in [0.1, 0.15) is 0 Å². The lowest BCUT2D eigenvalue weighted by Gasteiger charge is -2.32. The Morgan fingerprint density at radius 1 is 0.284 bits per heavy atom. The van der Waals surface area contributed by atoms with Gasteiger partial charge in [-0.15, -0.1) is 11.3 Å². The molecule has 1 nitrogen and oxygen atoms in total. The van der Waals surface area contributed by atoms with E-state index in [4.69, 9.17) is 0 Å². The summed E-state index contributed by atoms with van der Waals surface area (Å²) in [5, 5.41) is 12.9. The molecule has 0 atom stereocenters. The van der Waals surface area contributed by atoms with Gasteiger partial charge in [0, 0.05) is 37.2 Å². The minimum atomic E-state index is -0.445. The number of hydrogen-bond donors (Lipinski definition) is 0. The second kappa shape index (κ2) is 13.9. The van der Waals surface area contributed by atoms with Gasteiger partial charge in [0.15, 0.2) is 0 Å². The van der Waals surface area contributed by atoms with Crippen molar-refractivity contribution in [2.45, 2.75) is 5.41 Å². The summed E-state index contributed by atoms with van der Waals surface area (Å²) in [7, 11) is 0. The van der Waals surface area contributed by atoms with Crippen LogP contribution in [0.1, 0.15) is 22.3 Å². The van der Waals surface area contributed by atoms with Gasteiger partial charge in [0.2, 0.25) is 0 Å². The maximum Gasteiger partial charge on any atom is 0.0726 e. The van der Waals surface area contributed by atoms with Crippen LogP contribution in [0.15, 0.2) is 237 Å². The summed E-state index contributed by atoms with van der Waals surface area (Å²) in [6.07, 6.45) is 0. The Morgan fingerprint density at radius 3 is 1.42 bits per heavy atom. The van der Waals surface area contributed by atoms with E-state index in [0.29, 0.717) is 0 Å². The molecule has 1 heterocycles. The van der Waals surface area contributed by atoms with Crippen LogP contribution in [0.5, 0.6) is 0 Å². The minimum absolute atomic E-state index is 0.445. The van der Waals surface area contributed by atoms with Gasteiger partial charge >= 0.3 is 0 Å². The van der Waals surface area contributed by atoms with Crippen LogP contribution in [0.2, 0.25) is 0 Å². The number of hydrogen-bond acceptors (Lipinski definition) is 2. The first-order valence-electron chi connectivity index (χ1n) is 23.2. The molecule has 0 bridgehead atoms. The third kappa shape index (κ3) is 5.08. The molecule has 0 saturated heterocycles. The highest BCUT2D eigenvalue weighted by Gasteiger charge is 2.51. The summed E-state index contributed by atoms with van der Waals surface area (Å²) >= 11 is 1.90. The molecule has 0 fully saturated rings. The van der Waals surface area contributed by atoms with Crippen LogP contribution in [0, 0.1) is 0 Å². The first-order valence-corrected chi connectivity index (χ1v) is 24.1. The van der Waals surface area contributed by atoms with Gasteiger partial charge in [-0.2, -0.15) is 0 Å². The van der Waals surface area contributed by atoms with Crippen molar-refractivity contribution in [2.75, 3.05) is 4.90 Å². The van der Waals surface area contributed by atoms with Gasteiger partial charge in [-0.1, -0.05) is 188 Å². The summed E-state index contributed by atoms with van der Waals surface area (Å²) in [4.78, 5) is 2.48. The maximum atomic E-state index is 2.50. The highest BCUT2D eigenvalue weighted by Crippen LogP contribution is 2.63. The zero-order chi connectivity index (χ0) is 43.8. The first-order chi connectivity index (χ1) is 33.2. The Labute approximate surface area is 392 Å². The smallest absolute Gasteiger partial charge is 0.0726 e. The summed E-state index contributed by atoms with van der Waals surface area (Å²) < 4.78 is 2.68. The number of rotatable bonds is 4. The van der Waals surface area contributed by atoms with E-state index in [9.17, 15) is 0 Å². The molecule has 1 spiro atoms. The Kier molecular flexibility index (Phi) is 7.65. The molecule has 0 saturated carbocycles. The zero-order valence-corrected chi connectivity index (χ0v) is 37.2. The Morgan fingerprint density at radius 2 is 0.761 bits per heavy atom. The summed E-state index contributed by atoms with van der Waals surface area (Å²) in [6.45, 7) is 0. The third-order valence-corrected chi connectivity index (χ3v) is 16.3. The van der Waals surface area contributed by atoms with Crippen molar-refractivity contribution in [2.24, 2.45) is 0 Å². The Bertz CT molecular complexity index is 4130. The van der Waals surface area contributed by atoms with E-state index < -0.39 is 5.41 Å². The van der Waals surface area contributed by atoms with E-state index in [2.05, 4.69) is 241 Å². The van der Waals surface area contributed by atoms with Crippen molar-refractivity contribution in [1.82, 2.24) is 0 Å². The molecule has 2 aliphatic rings. The molecular formula is C65H39NS. The highest BCUT2D eigenvalue weighted by molar-refractivity contribution is 7.26. The number of nitrogens with zero attached hydrogens (tertiary/aromatic N) is 1. The molecule has 0 amide bonds. The van der Waals surface area contributed by atoms with Crippen LogP contribution in [-0.4, -0.2) is 0 Å². The molecule has 0 radical (unpaired) electrons. The second-order valence-corrected chi connectivity index (χ2v) is 19.3. The van der Waals surface area contributed by atoms with Crippen LogP contribution >= 0.6 is 11.3 Å². The summed E-state index contributed by atoms with van der Waals surface area (Å²) in [6, 6.07) is 88.9. The molecule has 0 unspecified atom stereocenters. The van der Waals surface area contributed by atoms with Gasteiger partial charge in [-0.3, -0.25) is 0 Å². The minimum Gasteiger partial charge on any atom is -0.310 e. The van der Waals surface area contributed by atoms with Gasteiger partial charge in [0.25, 0.3) is 0 Å². The van der Waals surface area contributed by atoms with Crippen LogP contribution in [0.4, 0.5) is 17.1 Å². The van der Waals surface area contributed by atoms with Gasteiger partial charge in [-0.05, 0) is 147 Å². The van der Waals surface area contributed by atoms with E-state index >= 15 is 0 Å². The van der Waals surface area contributed by atoms with Crippen LogP contribution in [-0.2, 0) is 5.41 Å². The molecule has 15 rings (SSSR count). The maximum absolute atomic E-state index is 2.50. The Balaban J connectivity index is 0.944. The molecular weight excluding hydrogens is 827 g/mol. The van der Waals surface area contributed by atoms with Crippen LogP contribution in [0.3, 0.4) is 0 Å². The fourth-order valence-electron chi connectivity index (χ4n) is 12.2. The van der Waals surface area contributed by atoms with Crippen molar-refractivity contribution in [1.29, 1.82) is 0 Å². The molecule has 12 aromatic carbocycles. The molecule has 13 aromatic rings. The Hall–Kier alpha value is -8.30. The molecule has 0 N–H and O–H groups in total. The molecule has 1 aromatic heterocycles. The quantitative estimate of drug-likeness (QED) is 0.159. The highest BCUT2D eigenvalue weighted by atomic mass is 32.1. The van der Waals surface area contributed by atoms with E-state index in [0.717, 1.165) is 17.1 Å². The largest absolute Gasteiger partial charge is 0.310 e. The van der Waals surface area contributed by atoms with Crippen molar-refractivity contribution in [3.8, 4) is 33.4 Å². The van der Waals surface area contributed by atoms with E-state index in [-0.39, 0.29) is 0 Å². The van der Waals surface area contributed by atoms with E-state index in [1.165, 1.54) is 119 Å². The lowest BCUT2D eigenvalue weighted by Crippen LogP contribution is -2.26. The van der Waals surface area contributed by atoms with Crippen LogP contribution in [0.25, 0.3) is 96.6 Å². The number of anilines is 3. The topological polar surface area (TPSA) is 3.24 Å². The predicted molar refractivity (Wildman–Crippen MR) is 286 cm³/mol. The van der Waals surface area contributed by atoms with Crippen molar-refractivity contribution < 1.29 is 0 Å². The van der Waals surface area contributed by atoms with Crippen molar-refractivity contribution in [3.05, 3.63) is 259 Å². The summed E-state index contributed by atoms with van der Waals surface area (Å²) in [5.74, 6) is 0. The van der Waals surface area contributed by atoms with Gasteiger partial charge in [0.05, 0.1) is 5.41 Å². The molecule has 310 valence electrons. The molecule has 2 aliphatic carbocycles. The lowest BCUT2D eigenvalue weighted by atomic mass is 9.70. The molecule has 2 heteroatoms. The molecule has 67 heavy (non-hydrogen) atoms. The lowest BCUT2D eigenvalue weighted by molar-refractivity contribution is 0.793. The van der Waals surface area contributed by atoms with E-state index in [1.807, 2.05) is 11.3 Å². The zero-order valence-electron chi connectivity index (χ0n) is 36.4. The second-order valence-electron chi connectivity index (χ2n) is 18.3. The predicted octanol–water partition coefficient (Wildman–Crippen LogP) is 18.1. The number of benzene rings is 12. The fraction of sp³-hybridized carbons (Fsp3) is 0.0154. The third-order valence-electron chi connectivity index (χ3n) is 15.0. The monoisotopic (exact) mass is 865 g/mol. The standard InChI is InChI=1S/C65H39NS/c1-2-14-46-41(13-1)27-33-56-58-37-42(28-36-63(58)67-64(46)56)40-25-29-43(30-26-40)66(44-31-34-51-49-17-4-3-15-47(49)48-16-5-6-18-50(48)57(51)38-44)45-32-35-55-54-21-9-12-24-61(54)65(62(55)39-45)59-22-10-7-19-52(59)53-20-8-11-23-60(53)65/h1-39H.